The predicted octanol–water partition coefficient (Wildman–Crippen LogP) is 4.36. The van der Waals surface area contributed by atoms with Crippen LogP contribution in [0.2, 0.25) is 5.02 Å². The van der Waals surface area contributed by atoms with E-state index in [2.05, 4.69) is 9.88 Å². The first kappa shape index (κ1) is 18.8. The Hall–Kier alpha value is -1.56. The Kier molecular flexibility index (Phi) is 5.44. The second kappa shape index (κ2) is 7.82. The van der Waals surface area contributed by atoms with Crippen molar-refractivity contribution in [3.8, 4) is 0 Å². The summed E-state index contributed by atoms with van der Waals surface area (Å²) in [6.45, 7) is 1.42. The van der Waals surface area contributed by atoms with Gasteiger partial charge in [-0.1, -0.05) is 43.4 Å². The first-order valence-electron chi connectivity index (χ1n) is 9.91. The standard InChI is InChI=1S/C21H27ClN2O3/c22-16-6-3-7-18-20(16)17(12-24(18)11-10-21(26)13-27-14-21)23-19(25)9-8-15-4-1-2-5-15/h3,6-7,12,15,26H,1-2,4-5,8-11,13-14H2,(H,23,25). The van der Waals surface area contributed by atoms with Gasteiger partial charge in [-0.3, -0.25) is 4.79 Å². The van der Waals surface area contributed by atoms with Gasteiger partial charge in [0.2, 0.25) is 5.91 Å². The van der Waals surface area contributed by atoms with Gasteiger partial charge in [-0.25, -0.2) is 0 Å². The summed E-state index contributed by atoms with van der Waals surface area (Å²) in [5, 5.41) is 14.8. The zero-order valence-corrected chi connectivity index (χ0v) is 16.3. The first-order valence-corrected chi connectivity index (χ1v) is 10.3. The number of amides is 1. The molecule has 1 aromatic heterocycles. The Morgan fingerprint density at radius 3 is 2.81 bits per heavy atom. The number of nitrogens with zero attached hydrogens (tertiary/aromatic N) is 1. The van der Waals surface area contributed by atoms with Crippen molar-refractivity contribution in [2.24, 2.45) is 5.92 Å². The number of ether oxygens (including phenoxy) is 1. The summed E-state index contributed by atoms with van der Waals surface area (Å²) >= 11 is 6.43. The molecule has 2 aromatic rings. The molecular formula is C21H27ClN2O3. The molecule has 1 saturated heterocycles. The van der Waals surface area contributed by atoms with Gasteiger partial charge in [-0.05, 0) is 30.9 Å². The maximum Gasteiger partial charge on any atom is 0.224 e. The number of anilines is 1. The number of aliphatic hydroxyl groups is 1. The highest BCUT2D eigenvalue weighted by molar-refractivity contribution is 6.36. The number of benzene rings is 1. The molecule has 0 atom stereocenters. The van der Waals surface area contributed by atoms with Crippen LogP contribution >= 0.6 is 11.6 Å². The quantitative estimate of drug-likeness (QED) is 0.738. The fraction of sp³-hybridized carbons (Fsp3) is 0.571. The molecule has 1 aliphatic heterocycles. The average Bonchev–Trinajstić information content (AvgIpc) is 3.25. The zero-order valence-electron chi connectivity index (χ0n) is 15.5. The van der Waals surface area contributed by atoms with Crippen LogP contribution in [-0.4, -0.2) is 34.4 Å². The van der Waals surface area contributed by atoms with Crippen LogP contribution in [0.5, 0.6) is 0 Å². The van der Waals surface area contributed by atoms with Gasteiger partial charge in [0.25, 0.3) is 0 Å². The third-order valence-electron chi connectivity index (χ3n) is 5.94. The first-order chi connectivity index (χ1) is 13.0. The Labute approximate surface area is 164 Å². The second-order valence-electron chi connectivity index (χ2n) is 8.07. The molecule has 0 unspecified atom stereocenters. The molecule has 4 rings (SSSR count). The molecule has 1 saturated carbocycles. The van der Waals surface area contributed by atoms with Gasteiger partial charge in [-0.2, -0.15) is 0 Å². The number of fused-ring (bicyclic) bond motifs is 1. The van der Waals surface area contributed by atoms with Crippen molar-refractivity contribution in [3.63, 3.8) is 0 Å². The molecule has 2 N–H and O–H groups in total. The monoisotopic (exact) mass is 390 g/mol. The van der Waals surface area contributed by atoms with E-state index < -0.39 is 5.60 Å². The Bertz CT molecular complexity index is 822. The SMILES string of the molecule is O=C(CCC1CCCC1)Nc1cn(CCC2(O)COC2)c2cccc(Cl)c12. The molecule has 146 valence electrons. The lowest BCUT2D eigenvalue weighted by Gasteiger charge is -2.36. The lowest BCUT2D eigenvalue weighted by molar-refractivity contribution is -0.182. The number of rotatable bonds is 7. The van der Waals surface area contributed by atoms with E-state index in [1.807, 2.05) is 24.4 Å². The largest absolute Gasteiger partial charge is 0.385 e. The van der Waals surface area contributed by atoms with Crippen LogP contribution in [0.4, 0.5) is 5.69 Å². The molecule has 2 heterocycles. The number of hydrogen-bond donors (Lipinski definition) is 2. The molecule has 0 bridgehead atoms. The Balaban J connectivity index is 1.48. The Morgan fingerprint density at radius 2 is 2.11 bits per heavy atom. The topological polar surface area (TPSA) is 63.5 Å². The van der Waals surface area contributed by atoms with E-state index in [-0.39, 0.29) is 5.91 Å². The fourth-order valence-electron chi connectivity index (χ4n) is 4.25. The van der Waals surface area contributed by atoms with E-state index in [9.17, 15) is 9.90 Å². The number of aromatic nitrogens is 1. The van der Waals surface area contributed by atoms with Crippen molar-refractivity contribution in [1.29, 1.82) is 0 Å². The normalized spacial score (nSPS) is 19.3. The third-order valence-corrected chi connectivity index (χ3v) is 6.26. The maximum atomic E-state index is 12.5. The number of aryl methyl sites for hydroxylation is 1. The Morgan fingerprint density at radius 1 is 1.33 bits per heavy atom. The van der Waals surface area contributed by atoms with Crippen LogP contribution in [0, 0.1) is 5.92 Å². The van der Waals surface area contributed by atoms with E-state index in [0.29, 0.717) is 43.5 Å². The third kappa shape index (κ3) is 4.15. The van der Waals surface area contributed by atoms with Crippen LogP contribution in [0.25, 0.3) is 10.9 Å². The van der Waals surface area contributed by atoms with Gasteiger partial charge in [0.1, 0.15) is 5.60 Å². The van der Waals surface area contributed by atoms with Crippen LogP contribution in [0.3, 0.4) is 0 Å². The van der Waals surface area contributed by atoms with E-state index in [0.717, 1.165) is 23.0 Å². The van der Waals surface area contributed by atoms with E-state index in [4.69, 9.17) is 16.3 Å². The molecule has 1 aliphatic carbocycles. The average molecular weight is 391 g/mol. The van der Waals surface area contributed by atoms with E-state index in [1.54, 1.807) is 0 Å². The number of nitrogens with one attached hydrogen (secondary N) is 1. The molecule has 2 fully saturated rings. The summed E-state index contributed by atoms with van der Waals surface area (Å²) < 4.78 is 7.18. The van der Waals surface area contributed by atoms with Gasteiger partial charge in [0.15, 0.2) is 0 Å². The van der Waals surface area contributed by atoms with Gasteiger partial charge in [0, 0.05) is 24.5 Å². The van der Waals surface area contributed by atoms with Gasteiger partial charge >= 0.3 is 0 Å². The van der Waals surface area contributed by atoms with Crippen molar-refractivity contribution in [1.82, 2.24) is 4.57 Å². The molecule has 0 spiro atoms. The highest BCUT2D eigenvalue weighted by Gasteiger charge is 2.35. The van der Waals surface area contributed by atoms with Crippen molar-refractivity contribution >= 4 is 34.1 Å². The second-order valence-corrected chi connectivity index (χ2v) is 8.48. The fourth-order valence-corrected chi connectivity index (χ4v) is 4.52. The molecule has 1 amide bonds. The summed E-state index contributed by atoms with van der Waals surface area (Å²) in [5.41, 5.74) is 0.987. The lowest BCUT2D eigenvalue weighted by Crippen LogP contribution is -2.50. The minimum Gasteiger partial charge on any atom is -0.385 e. The molecule has 5 nitrogen and oxygen atoms in total. The molecule has 27 heavy (non-hydrogen) atoms. The molecule has 6 heteroatoms. The maximum absolute atomic E-state index is 12.5. The number of hydrogen-bond acceptors (Lipinski definition) is 3. The number of halogens is 1. The summed E-state index contributed by atoms with van der Waals surface area (Å²) in [6, 6.07) is 5.75. The van der Waals surface area contributed by atoms with Crippen molar-refractivity contribution in [3.05, 3.63) is 29.4 Å². The minimum absolute atomic E-state index is 0.0480. The van der Waals surface area contributed by atoms with Crippen molar-refractivity contribution in [2.75, 3.05) is 18.5 Å². The zero-order chi connectivity index (χ0) is 18.9. The molecule has 2 aliphatic rings. The van der Waals surface area contributed by atoms with Gasteiger partial charge in [0.05, 0.1) is 29.4 Å². The highest BCUT2D eigenvalue weighted by atomic mass is 35.5. The summed E-state index contributed by atoms with van der Waals surface area (Å²) in [6.07, 6.45) is 9.17. The van der Waals surface area contributed by atoms with E-state index >= 15 is 0 Å². The van der Waals surface area contributed by atoms with E-state index in [1.165, 1.54) is 25.7 Å². The van der Waals surface area contributed by atoms with Crippen LogP contribution in [0.15, 0.2) is 24.4 Å². The molecule has 0 radical (unpaired) electrons. The smallest absolute Gasteiger partial charge is 0.224 e. The summed E-state index contributed by atoms with van der Waals surface area (Å²) in [4.78, 5) is 12.5. The summed E-state index contributed by atoms with van der Waals surface area (Å²) in [5.74, 6) is 0.748. The highest BCUT2D eigenvalue weighted by Crippen LogP contribution is 2.34. The van der Waals surface area contributed by atoms with Gasteiger partial charge in [-0.15, -0.1) is 0 Å². The number of carbonyl (C=O) groups excluding carboxylic acids is 1. The van der Waals surface area contributed by atoms with Crippen molar-refractivity contribution < 1.29 is 14.6 Å². The molecule has 1 aromatic carbocycles. The van der Waals surface area contributed by atoms with Crippen LogP contribution in [0.1, 0.15) is 44.9 Å². The molecular weight excluding hydrogens is 364 g/mol. The lowest BCUT2D eigenvalue weighted by atomic mass is 9.98. The van der Waals surface area contributed by atoms with Crippen LogP contribution in [-0.2, 0) is 16.1 Å². The van der Waals surface area contributed by atoms with Gasteiger partial charge < -0.3 is 19.7 Å². The minimum atomic E-state index is -0.736. The van der Waals surface area contributed by atoms with Crippen molar-refractivity contribution in [2.45, 2.75) is 57.1 Å². The summed E-state index contributed by atoms with van der Waals surface area (Å²) in [7, 11) is 0. The predicted molar refractivity (Wildman–Crippen MR) is 107 cm³/mol. The number of carbonyl (C=O) groups is 1. The van der Waals surface area contributed by atoms with Crippen LogP contribution < -0.4 is 5.32 Å².